The maximum Gasteiger partial charge on any atom is 0.168 e. The Bertz CT molecular complexity index is 528. The van der Waals surface area contributed by atoms with E-state index < -0.39 is 0 Å². The Balaban J connectivity index is 2.14. The SMILES string of the molecule is Cc1cccc(C)c1CSc1ncc(CCl)n1C. The lowest BCUT2D eigenvalue weighted by Crippen LogP contribution is -1.97. The smallest absolute Gasteiger partial charge is 0.168 e. The summed E-state index contributed by atoms with van der Waals surface area (Å²) in [6.07, 6.45) is 1.85. The zero-order chi connectivity index (χ0) is 13.1. The quantitative estimate of drug-likeness (QED) is 0.621. The molecule has 0 saturated heterocycles. The van der Waals surface area contributed by atoms with Crippen molar-refractivity contribution in [3.8, 4) is 0 Å². The maximum absolute atomic E-state index is 5.84. The summed E-state index contributed by atoms with van der Waals surface area (Å²) in [6.45, 7) is 4.32. The molecule has 0 aliphatic carbocycles. The van der Waals surface area contributed by atoms with Gasteiger partial charge in [0, 0.05) is 12.8 Å². The first-order valence-electron chi connectivity index (χ1n) is 5.88. The molecule has 1 aromatic carbocycles. The van der Waals surface area contributed by atoms with Crippen LogP contribution in [0.3, 0.4) is 0 Å². The third-order valence-corrected chi connectivity index (χ3v) is 4.51. The number of nitrogens with zero attached hydrogens (tertiary/aromatic N) is 2. The van der Waals surface area contributed by atoms with Gasteiger partial charge in [0.05, 0.1) is 17.8 Å². The number of aromatic nitrogens is 2. The van der Waals surface area contributed by atoms with E-state index in [1.807, 2.05) is 13.2 Å². The summed E-state index contributed by atoms with van der Waals surface area (Å²) in [5.74, 6) is 1.46. The van der Waals surface area contributed by atoms with Crippen LogP contribution in [0.2, 0.25) is 0 Å². The number of hydrogen-bond donors (Lipinski definition) is 0. The second kappa shape index (κ2) is 5.81. The average molecular weight is 281 g/mol. The number of alkyl halides is 1. The van der Waals surface area contributed by atoms with Crippen LogP contribution in [0.1, 0.15) is 22.4 Å². The molecule has 0 N–H and O–H groups in total. The largest absolute Gasteiger partial charge is 0.325 e. The first-order valence-corrected chi connectivity index (χ1v) is 7.40. The molecule has 0 amide bonds. The molecule has 0 aliphatic heterocycles. The molecule has 2 nitrogen and oxygen atoms in total. The molecule has 0 atom stereocenters. The van der Waals surface area contributed by atoms with Crippen LogP contribution in [0.4, 0.5) is 0 Å². The van der Waals surface area contributed by atoms with E-state index in [9.17, 15) is 0 Å². The minimum absolute atomic E-state index is 0.507. The number of imidazole rings is 1. The molecule has 0 bridgehead atoms. The molecule has 18 heavy (non-hydrogen) atoms. The van der Waals surface area contributed by atoms with Crippen molar-refractivity contribution in [2.45, 2.75) is 30.6 Å². The molecule has 0 aliphatic rings. The van der Waals surface area contributed by atoms with Crippen LogP contribution in [0.5, 0.6) is 0 Å². The van der Waals surface area contributed by atoms with E-state index in [-0.39, 0.29) is 0 Å². The highest BCUT2D eigenvalue weighted by Gasteiger charge is 2.08. The van der Waals surface area contributed by atoms with Gasteiger partial charge in [-0.2, -0.15) is 0 Å². The fourth-order valence-electron chi connectivity index (χ4n) is 1.90. The highest BCUT2D eigenvalue weighted by molar-refractivity contribution is 7.98. The number of halogens is 1. The van der Waals surface area contributed by atoms with E-state index in [0.717, 1.165) is 16.6 Å². The lowest BCUT2D eigenvalue weighted by molar-refractivity contribution is 0.761. The molecule has 2 aromatic rings. The Kier molecular flexibility index (Phi) is 4.36. The van der Waals surface area contributed by atoms with Crippen LogP contribution in [0.15, 0.2) is 29.6 Å². The zero-order valence-electron chi connectivity index (χ0n) is 10.9. The van der Waals surface area contributed by atoms with Gasteiger partial charge in [0.1, 0.15) is 0 Å². The Hall–Kier alpha value is -0.930. The van der Waals surface area contributed by atoms with Gasteiger partial charge in [-0.25, -0.2) is 4.98 Å². The van der Waals surface area contributed by atoms with Crippen LogP contribution in [-0.2, 0) is 18.7 Å². The van der Waals surface area contributed by atoms with E-state index >= 15 is 0 Å². The number of aryl methyl sites for hydroxylation is 2. The van der Waals surface area contributed by atoms with E-state index in [1.165, 1.54) is 16.7 Å². The molecule has 0 fully saturated rings. The maximum atomic E-state index is 5.84. The van der Waals surface area contributed by atoms with Crippen LogP contribution in [0.25, 0.3) is 0 Å². The van der Waals surface area contributed by atoms with Crippen LogP contribution >= 0.6 is 23.4 Å². The zero-order valence-corrected chi connectivity index (χ0v) is 12.5. The normalized spacial score (nSPS) is 10.9. The minimum Gasteiger partial charge on any atom is -0.325 e. The van der Waals surface area contributed by atoms with Crippen LogP contribution in [-0.4, -0.2) is 9.55 Å². The average Bonchev–Trinajstić information content (AvgIpc) is 2.70. The van der Waals surface area contributed by atoms with Gasteiger partial charge in [-0.3, -0.25) is 0 Å². The Labute approximate surface area is 117 Å². The standard InChI is InChI=1S/C14H17ClN2S/c1-10-5-4-6-11(2)13(10)9-18-14-16-8-12(7-15)17(14)3/h4-6,8H,7,9H2,1-3H3. The Morgan fingerprint density at radius 2 is 1.94 bits per heavy atom. The van der Waals surface area contributed by atoms with E-state index in [0.29, 0.717) is 5.88 Å². The first-order chi connectivity index (χ1) is 8.63. The van der Waals surface area contributed by atoms with Crippen molar-refractivity contribution in [1.82, 2.24) is 9.55 Å². The fourth-order valence-corrected chi connectivity index (χ4v) is 3.31. The Morgan fingerprint density at radius 3 is 2.50 bits per heavy atom. The molecule has 0 spiro atoms. The fraction of sp³-hybridized carbons (Fsp3) is 0.357. The number of thioether (sulfide) groups is 1. The first kappa shape index (κ1) is 13.5. The molecular weight excluding hydrogens is 264 g/mol. The molecule has 0 saturated carbocycles. The van der Waals surface area contributed by atoms with Crippen molar-refractivity contribution < 1.29 is 0 Å². The van der Waals surface area contributed by atoms with Crippen LogP contribution in [0, 0.1) is 13.8 Å². The number of hydrogen-bond acceptors (Lipinski definition) is 2. The lowest BCUT2D eigenvalue weighted by Gasteiger charge is -2.09. The van der Waals surface area contributed by atoms with Gasteiger partial charge in [0.2, 0.25) is 0 Å². The van der Waals surface area contributed by atoms with Gasteiger partial charge >= 0.3 is 0 Å². The molecule has 96 valence electrons. The van der Waals surface area contributed by atoms with Crippen molar-refractivity contribution in [1.29, 1.82) is 0 Å². The van der Waals surface area contributed by atoms with E-state index in [2.05, 4.69) is 41.6 Å². The highest BCUT2D eigenvalue weighted by atomic mass is 35.5. The summed E-state index contributed by atoms with van der Waals surface area (Å²) in [5, 5.41) is 1.02. The van der Waals surface area contributed by atoms with Crippen molar-refractivity contribution in [3.05, 3.63) is 46.8 Å². The van der Waals surface area contributed by atoms with Gasteiger partial charge in [-0.1, -0.05) is 30.0 Å². The summed E-state index contributed by atoms with van der Waals surface area (Å²) in [6, 6.07) is 6.42. The third-order valence-electron chi connectivity index (χ3n) is 3.17. The van der Waals surface area contributed by atoms with Gasteiger partial charge in [0.25, 0.3) is 0 Å². The molecule has 0 unspecified atom stereocenters. The predicted octanol–water partition coefficient (Wildman–Crippen LogP) is 4.07. The highest BCUT2D eigenvalue weighted by Crippen LogP contribution is 2.25. The second-order valence-corrected chi connectivity index (χ2v) is 5.59. The van der Waals surface area contributed by atoms with Crippen molar-refractivity contribution in [2.75, 3.05) is 0 Å². The second-order valence-electron chi connectivity index (χ2n) is 4.38. The van der Waals surface area contributed by atoms with E-state index in [4.69, 9.17) is 11.6 Å². The van der Waals surface area contributed by atoms with Crippen molar-refractivity contribution in [2.24, 2.45) is 7.05 Å². The molecule has 1 heterocycles. The van der Waals surface area contributed by atoms with Gasteiger partial charge in [0.15, 0.2) is 5.16 Å². The summed E-state index contributed by atoms with van der Waals surface area (Å²) in [4.78, 5) is 4.40. The van der Waals surface area contributed by atoms with Gasteiger partial charge < -0.3 is 4.57 Å². The lowest BCUT2D eigenvalue weighted by atomic mass is 10.1. The molecule has 0 radical (unpaired) electrons. The molecule has 2 rings (SSSR count). The molecular formula is C14H17ClN2S. The summed E-state index contributed by atoms with van der Waals surface area (Å²) in [7, 11) is 2.01. The summed E-state index contributed by atoms with van der Waals surface area (Å²) >= 11 is 7.60. The van der Waals surface area contributed by atoms with Crippen molar-refractivity contribution in [3.63, 3.8) is 0 Å². The topological polar surface area (TPSA) is 17.8 Å². The third kappa shape index (κ3) is 2.73. The molecule has 4 heteroatoms. The number of benzene rings is 1. The predicted molar refractivity (Wildman–Crippen MR) is 78.2 cm³/mol. The number of rotatable bonds is 4. The summed E-state index contributed by atoms with van der Waals surface area (Å²) < 4.78 is 2.06. The van der Waals surface area contributed by atoms with E-state index in [1.54, 1.807) is 11.8 Å². The van der Waals surface area contributed by atoms with Crippen LogP contribution < -0.4 is 0 Å². The molecule has 1 aromatic heterocycles. The van der Waals surface area contributed by atoms with Gasteiger partial charge in [-0.15, -0.1) is 11.6 Å². The van der Waals surface area contributed by atoms with Crippen molar-refractivity contribution >= 4 is 23.4 Å². The Morgan fingerprint density at radius 1 is 1.28 bits per heavy atom. The van der Waals surface area contributed by atoms with Gasteiger partial charge in [-0.05, 0) is 30.5 Å². The minimum atomic E-state index is 0.507. The summed E-state index contributed by atoms with van der Waals surface area (Å²) in [5.41, 5.74) is 5.14. The monoisotopic (exact) mass is 280 g/mol.